The molecular weight excluding hydrogens is 810 g/mol. The Balaban J connectivity index is 1.25. The third kappa shape index (κ3) is 12.6. The van der Waals surface area contributed by atoms with Crippen LogP contribution in [-0.2, 0) is 41.8 Å². The number of ether oxygens (including phenoxy) is 1. The number of β-amino-alcohol motifs (C(OH)–C–C–N with tert-alkyl or cyclic N) is 1. The summed E-state index contributed by atoms with van der Waals surface area (Å²) < 4.78 is 18.8. The van der Waals surface area contributed by atoms with Gasteiger partial charge >= 0.3 is 6.09 Å². The van der Waals surface area contributed by atoms with Gasteiger partial charge in [-0.2, -0.15) is 0 Å². The van der Waals surface area contributed by atoms with E-state index in [9.17, 15) is 38.3 Å². The maximum Gasteiger partial charge on any atom is 0.407 e. The normalized spacial score (nSPS) is 19.7. The summed E-state index contributed by atoms with van der Waals surface area (Å²) in [6.45, 7) is 15.4. The molecule has 3 aromatic carbocycles. The number of carbonyl (C=O) groups is 6. The zero-order valence-electron chi connectivity index (χ0n) is 37.7. The second kappa shape index (κ2) is 20.0. The van der Waals surface area contributed by atoms with E-state index >= 15 is 0 Å². The van der Waals surface area contributed by atoms with Gasteiger partial charge in [-0.25, -0.2) is 9.18 Å². The summed E-state index contributed by atoms with van der Waals surface area (Å²) in [5, 5.41) is 21.7. The van der Waals surface area contributed by atoms with Crippen LogP contribution in [0.3, 0.4) is 0 Å². The predicted molar refractivity (Wildman–Crippen MR) is 238 cm³/mol. The number of anilines is 3. The third-order valence-corrected chi connectivity index (χ3v) is 11.4. The molecule has 0 aliphatic carbocycles. The largest absolute Gasteiger partial charge is 0.453 e. The molecule has 340 valence electrons. The van der Waals surface area contributed by atoms with Gasteiger partial charge in [0.2, 0.25) is 29.5 Å². The fraction of sp³-hybridized carbons (Fsp3) is 0.489. The van der Waals surface area contributed by atoms with Crippen molar-refractivity contribution in [1.29, 1.82) is 0 Å². The number of nitrogens with one attached hydrogen (secondary N) is 4. The van der Waals surface area contributed by atoms with E-state index < -0.39 is 59.0 Å². The summed E-state index contributed by atoms with van der Waals surface area (Å²) in [5.41, 5.74) is 2.31. The van der Waals surface area contributed by atoms with E-state index in [4.69, 9.17) is 4.74 Å². The zero-order valence-corrected chi connectivity index (χ0v) is 37.7. The Morgan fingerprint density at radius 2 is 1.16 bits per heavy atom. The molecule has 5 N–H and O–H groups in total. The van der Waals surface area contributed by atoms with E-state index in [1.165, 1.54) is 36.0 Å². The number of halogens is 1. The minimum atomic E-state index is -0.937. The number of hydrogen-bond acceptors (Lipinski definition) is 9. The number of aliphatic hydroxyl groups is 1. The van der Waals surface area contributed by atoms with Crippen molar-refractivity contribution in [2.24, 2.45) is 16.7 Å². The van der Waals surface area contributed by atoms with Gasteiger partial charge in [0, 0.05) is 56.6 Å². The molecule has 16 heteroatoms. The number of benzene rings is 3. The van der Waals surface area contributed by atoms with Crippen LogP contribution in [0.25, 0.3) is 0 Å². The Kier molecular flexibility index (Phi) is 15.2. The van der Waals surface area contributed by atoms with E-state index in [1.54, 1.807) is 36.4 Å². The average molecular weight is 872 g/mol. The van der Waals surface area contributed by atoms with Crippen molar-refractivity contribution in [3.8, 4) is 0 Å². The monoisotopic (exact) mass is 871 g/mol. The summed E-state index contributed by atoms with van der Waals surface area (Å²) in [7, 11) is 1.23. The van der Waals surface area contributed by atoms with Gasteiger partial charge in [0.25, 0.3) is 0 Å². The number of amides is 6. The van der Waals surface area contributed by atoms with Crippen molar-refractivity contribution in [2.75, 3.05) is 35.7 Å². The second-order valence-corrected chi connectivity index (χ2v) is 18.9. The molecular formula is C47H62FN7O8. The molecule has 2 fully saturated rings. The van der Waals surface area contributed by atoms with Gasteiger partial charge in [-0.15, -0.1) is 0 Å². The molecule has 3 aromatic rings. The molecule has 2 saturated heterocycles. The summed E-state index contributed by atoms with van der Waals surface area (Å²) in [6, 6.07) is 17.3. The topological polar surface area (TPSA) is 190 Å². The maximum atomic E-state index is 14.0. The second-order valence-electron chi connectivity index (χ2n) is 18.9. The Morgan fingerprint density at radius 3 is 1.60 bits per heavy atom. The summed E-state index contributed by atoms with van der Waals surface area (Å²) in [6.07, 6.45) is -1.10. The van der Waals surface area contributed by atoms with Crippen molar-refractivity contribution in [3.63, 3.8) is 0 Å². The lowest BCUT2D eigenvalue weighted by Gasteiger charge is -2.35. The van der Waals surface area contributed by atoms with Gasteiger partial charge in [-0.05, 0) is 82.8 Å². The first-order valence-corrected chi connectivity index (χ1v) is 21.2. The van der Waals surface area contributed by atoms with Gasteiger partial charge in [0.1, 0.15) is 30.0 Å². The zero-order chi connectivity index (χ0) is 46.4. The quantitative estimate of drug-likeness (QED) is 0.149. The Labute approximate surface area is 369 Å². The van der Waals surface area contributed by atoms with E-state index in [2.05, 4.69) is 26.2 Å². The fourth-order valence-electron chi connectivity index (χ4n) is 8.02. The molecule has 0 bridgehead atoms. The predicted octanol–water partition coefficient (Wildman–Crippen LogP) is 5.43. The molecule has 2 heterocycles. The van der Waals surface area contributed by atoms with Crippen molar-refractivity contribution >= 4 is 52.7 Å². The number of aliphatic hydroxyl groups excluding tert-OH is 1. The summed E-state index contributed by atoms with van der Waals surface area (Å²) >= 11 is 0. The Hall–Kier alpha value is -6.03. The first kappa shape index (κ1) is 48.0. The first-order chi connectivity index (χ1) is 29.5. The molecule has 63 heavy (non-hydrogen) atoms. The van der Waals surface area contributed by atoms with Crippen molar-refractivity contribution in [1.82, 2.24) is 20.4 Å². The highest BCUT2D eigenvalue weighted by molar-refractivity contribution is 6.00. The number of alkyl carbamates (subject to hydrolysis) is 1. The van der Waals surface area contributed by atoms with Crippen LogP contribution in [0, 0.1) is 22.6 Å². The van der Waals surface area contributed by atoms with Crippen LogP contribution >= 0.6 is 0 Å². The van der Waals surface area contributed by atoms with Crippen molar-refractivity contribution in [2.45, 2.75) is 112 Å². The molecule has 6 unspecified atom stereocenters. The van der Waals surface area contributed by atoms with Crippen LogP contribution in [0.15, 0.2) is 72.8 Å². The maximum absolute atomic E-state index is 14.0. The molecule has 6 atom stereocenters. The standard InChI is InChI=1S/C47H62FN7O8/c1-28-22-37(54(24-28)44(61)40(47(6,7)8)52-45(62)63-9)41(58)50-33-16-10-30(11-17-33)25-53(35-20-14-32(48)15-21-35)26-31-12-18-34(19-13-31)51-42(59)38-23-36(57)27-55(38)43(60)39(46(3,4)5)49-29(2)56/h10-21,28,36-40,57H,22-27H2,1-9H3,(H,49,56)(H,50,58)(H,51,59)(H,52,62). The number of nitrogens with zero attached hydrogens (tertiary/aromatic N) is 3. The third-order valence-electron chi connectivity index (χ3n) is 11.4. The Morgan fingerprint density at radius 1 is 0.714 bits per heavy atom. The van der Waals surface area contributed by atoms with Crippen LogP contribution in [0.2, 0.25) is 0 Å². The van der Waals surface area contributed by atoms with E-state index in [1.807, 2.05) is 72.7 Å². The smallest absolute Gasteiger partial charge is 0.407 e. The lowest BCUT2D eigenvalue weighted by atomic mass is 9.85. The van der Waals surface area contributed by atoms with Crippen LogP contribution in [0.4, 0.5) is 26.2 Å². The van der Waals surface area contributed by atoms with Gasteiger partial charge in [0.05, 0.1) is 13.2 Å². The van der Waals surface area contributed by atoms with E-state index in [0.29, 0.717) is 37.4 Å². The molecule has 0 aromatic heterocycles. The number of likely N-dealkylation sites (tertiary alicyclic amines) is 2. The van der Waals surface area contributed by atoms with Crippen LogP contribution < -0.4 is 26.2 Å². The highest BCUT2D eigenvalue weighted by Crippen LogP contribution is 2.31. The molecule has 2 aliphatic heterocycles. The lowest BCUT2D eigenvalue weighted by Crippen LogP contribution is -2.57. The summed E-state index contributed by atoms with van der Waals surface area (Å²) in [5.74, 6) is -2.26. The minimum absolute atomic E-state index is 0.0313. The summed E-state index contributed by atoms with van der Waals surface area (Å²) in [4.78, 5) is 83.7. The molecule has 6 amide bonds. The number of carbonyl (C=O) groups excluding carboxylic acids is 6. The molecule has 5 rings (SSSR count). The fourth-order valence-corrected chi connectivity index (χ4v) is 8.02. The van der Waals surface area contributed by atoms with Crippen molar-refractivity contribution in [3.05, 3.63) is 89.7 Å². The van der Waals surface area contributed by atoms with Crippen LogP contribution in [0.1, 0.15) is 79.4 Å². The molecule has 0 radical (unpaired) electrons. The van der Waals surface area contributed by atoms with Gasteiger partial charge in [0.15, 0.2) is 0 Å². The first-order valence-electron chi connectivity index (χ1n) is 21.2. The SMILES string of the molecule is COC(=O)NC(C(=O)N1CC(C)CC1C(=O)Nc1ccc(CN(Cc2ccc(NC(=O)C3CC(O)CN3C(=O)C(NC(C)=O)C(C)(C)C)cc2)c2ccc(F)cc2)cc1)C(C)(C)C. The molecule has 0 saturated carbocycles. The van der Waals surface area contributed by atoms with Crippen LogP contribution in [-0.4, -0.2) is 101 Å². The number of hydrogen-bond donors (Lipinski definition) is 5. The highest BCUT2D eigenvalue weighted by Gasteiger charge is 2.45. The Bertz CT molecular complexity index is 2120. The van der Waals surface area contributed by atoms with E-state index in [-0.39, 0.29) is 42.4 Å². The highest BCUT2D eigenvalue weighted by atomic mass is 19.1. The molecule has 15 nitrogen and oxygen atoms in total. The average Bonchev–Trinajstić information content (AvgIpc) is 3.81. The molecule has 2 aliphatic rings. The van der Waals surface area contributed by atoms with Crippen LogP contribution in [0.5, 0.6) is 0 Å². The number of methoxy groups -OCH3 is 1. The lowest BCUT2D eigenvalue weighted by molar-refractivity contribution is -0.142. The van der Waals surface area contributed by atoms with Crippen molar-refractivity contribution < 1.29 is 43.0 Å². The van der Waals surface area contributed by atoms with Gasteiger partial charge in [-0.3, -0.25) is 24.0 Å². The van der Waals surface area contributed by atoms with Gasteiger partial charge in [-0.1, -0.05) is 72.7 Å². The number of rotatable bonds is 13. The van der Waals surface area contributed by atoms with Gasteiger partial charge < -0.3 is 45.8 Å². The molecule has 0 spiro atoms. The minimum Gasteiger partial charge on any atom is -0.453 e. The van der Waals surface area contributed by atoms with E-state index in [0.717, 1.165) is 16.8 Å².